The first-order valence-corrected chi connectivity index (χ1v) is 7.70. The molecule has 0 saturated heterocycles. The Morgan fingerprint density at radius 1 is 1.28 bits per heavy atom. The number of anilines is 2. The molecule has 0 aliphatic rings. The monoisotopic (exact) mass is 344 g/mol. The van der Waals surface area contributed by atoms with E-state index in [9.17, 15) is 14.9 Å². The van der Waals surface area contributed by atoms with Gasteiger partial charge in [0, 0.05) is 12.6 Å². The van der Waals surface area contributed by atoms with E-state index in [1.54, 1.807) is 6.92 Å². The van der Waals surface area contributed by atoms with E-state index in [0.29, 0.717) is 12.4 Å². The van der Waals surface area contributed by atoms with Gasteiger partial charge in [-0.15, -0.1) is 0 Å². The largest absolute Gasteiger partial charge is 0.467 e. The average Bonchev–Trinajstić information content (AvgIpc) is 2.60. The standard InChI is InChI=1S/C17H20N4O4/c1-11-4-6-13(7-5-11)10-18-15-9-8-14(21(23)24)16(20-15)19-12(2)17(22)25-3/h4-9,12H,10H2,1-3H3,(H2,18,19,20)/t12-/m0/s1. The van der Waals surface area contributed by atoms with Crippen molar-refractivity contribution in [1.82, 2.24) is 4.98 Å². The van der Waals surface area contributed by atoms with Crippen molar-refractivity contribution in [2.75, 3.05) is 17.7 Å². The summed E-state index contributed by atoms with van der Waals surface area (Å²) in [7, 11) is 1.25. The molecule has 8 heteroatoms. The highest BCUT2D eigenvalue weighted by Crippen LogP contribution is 2.25. The van der Waals surface area contributed by atoms with Gasteiger partial charge in [-0.05, 0) is 25.5 Å². The van der Waals surface area contributed by atoms with Crippen LogP contribution in [0.15, 0.2) is 36.4 Å². The third-order valence-corrected chi connectivity index (χ3v) is 3.57. The number of benzene rings is 1. The van der Waals surface area contributed by atoms with Crippen molar-refractivity contribution in [3.8, 4) is 0 Å². The Labute approximate surface area is 145 Å². The van der Waals surface area contributed by atoms with E-state index in [2.05, 4.69) is 20.4 Å². The van der Waals surface area contributed by atoms with Gasteiger partial charge in [-0.3, -0.25) is 10.1 Å². The highest BCUT2D eigenvalue weighted by Gasteiger charge is 2.21. The molecule has 1 heterocycles. The van der Waals surface area contributed by atoms with Crippen molar-refractivity contribution >= 4 is 23.3 Å². The van der Waals surface area contributed by atoms with Crippen molar-refractivity contribution in [2.45, 2.75) is 26.4 Å². The molecule has 0 radical (unpaired) electrons. The molecule has 0 bridgehead atoms. The number of carbonyl (C=O) groups excluding carboxylic acids is 1. The SMILES string of the molecule is COC(=O)[C@H](C)Nc1nc(NCc2ccc(C)cc2)ccc1[N+](=O)[O-]. The van der Waals surface area contributed by atoms with Crippen LogP contribution in [-0.4, -0.2) is 29.0 Å². The molecule has 0 aliphatic heterocycles. The number of rotatable bonds is 7. The van der Waals surface area contributed by atoms with Crippen molar-refractivity contribution < 1.29 is 14.5 Å². The number of nitro groups is 1. The van der Waals surface area contributed by atoms with Crippen LogP contribution < -0.4 is 10.6 Å². The number of pyridine rings is 1. The Morgan fingerprint density at radius 3 is 2.56 bits per heavy atom. The van der Waals surface area contributed by atoms with Crippen LogP contribution in [0.2, 0.25) is 0 Å². The van der Waals surface area contributed by atoms with Gasteiger partial charge in [0.15, 0.2) is 0 Å². The number of carbonyl (C=O) groups is 1. The van der Waals surface area contributed by atoms with Crippen LogP contribution in [0.4, 0.5) is 17.3 Å². The summed E-state index contributed by atoms with van der Waals surface area (Å²) in [6.45, 7) is 4.08. The zero-order chi connectivity index (χ0) is 18.4. The van der Waals surface area contributed by atoms with E-state index < -0.39 is 16.9 Å². The molecule has 0 aliphatic carbocycles. The topological polar surface area (TPSA) is 106 Å². The third kappa shape index (κ3) is 4.90. The van der Waals surface area contributed by atoms with Crippen molar-refractivity contribution in [1.29, 1.82) is 0 Å². The van der Waals surface area contributed by atoms with E-state index >= 15 is 0 Å². The number of ether oxygens (including phenoxy) is 1. The summed E-state index contributed by atoms with van der Waals surface area (Å²) in [5.74, 6) is -0.0586. The number of nitrogens with zero attached hydrogens (tertiary/aromatic N) is 2. The zero-order valence-electron chi connectivity index (χ0n) is 14.3. The molecule has 2 rings (SSSR count). The first-order valence-electron chi connectivity index (χ1n) is 7.70. The normalized spacial score (nSPS) is 11.5. The maximum absolute atomic E-state index is 11.5. The van der Waals surface area contributed by atoms with Crippen LogP contribution in [-0.2, 0) is 16.1 Å². The Morgan fingerprint density at radius 2 is 1.96 bits per heavy atom. The molecule has 2 N–H and O–H groups in total. The van der Waals surface area contributed by atoms with Crippen LogP contribution in [0.3, 0.4) is 0 Å². The predicted octanol–water partition coefficient (Wildman–Crippen LogP) is 2.88. The number of esters is 1. The minimum atomic E-state index is -0.761. The fraction of sp³-hybridized carbons (Fsp3) is 0.294. The second-order valence-corrected chi connectivity index (χ2v) is 5.55. The zero-order valence-corrected chi connectivity index (χ0v) is 14.3. The van der Waals surface area contributed by atoms with E-state index in [1.807, 2.05) is 31.2 Å². The van der Waals surface area contributed by atoms with Gasteiger partial charge in [0.1, 0.15) is 11.9 Å². The molecule has 1 aromatic carbocycles. The summed E-state index contributed by atoms with van der Waals surface area (Å²) >= 11 is 0. The summed E-state index contributed by atoms with van der Waals surface area (Å²) in [5, 5.41) is 17.0. The summed E-state index contributed by atoms with van der Waals surface area (Å²) in [6, 6.07) is 10.1. The number of methoxy groups -OCH3 is 1. The summed E-state index contributed by atoms with van der Waals surface area (Å²) in [4.78, 5) is 26.3. The van der Waals surface area contributed by atoms with Crippen molar-refractivity contribution in [3.05, 3.63) is 57.6 Å². The first kappa shape index (κ1) is 18.2. The number of aryl methyl sites for hydroxylation is 1. The Balaban J connectivity index is 2.16. The van der Waals surface area contributed by atoms with Crippen LogP contribution in [0.25, 0.3) is 0 Å². The molecular formula is C17H20N4O4. The highest BCUT2D eigenvalue weighted by atomic mass is 16.6. The van der Waals surface area contributed by atoms with Gasteiger partial charge < -0.3 is 15.4 Å². The lowest BCUT2D eigenvalue weighted by Gasteiger charge is -2.13. The molecule has 1 aromatic heterocycles. The summed E-state index contributed by atoms with van der Waals surface area (Å²) in [6.07, 6.45) is 0. The van der Waals surface area contributed by atoms with Gasteiger partial charge in [-0.25, -0.2) is 9.78 Å². The van der Waals surface area contributed by atoms with Gasteiger partial charge in [-0.1, -0.05) is 29.8 Å². The average molecular weight is 344 g/mol. The second kappa shape index (κ2) is 8.09. The third-order valence-electron chi connectivity index (χ3n) is 3.57. The number of aromatic nitrogens is 1. The van der Waals surface area contributed by atoms with Gasteiger partial charge >= 0.3 is 11.7 Å². The number of nitrogens with one attached hydrogen (secondary N) is 2. The first-order chi connectivity index (χ1) is 11.9. The fourth-order valence-electron chi connectivity index (χ4n) is 2.14. The molecule has 0 fully saturated rings. The lowest BCUT2D eigenvalue weighted by atomic mass is 10.1. The van der Waals surface area contributed by atoms with Crippen LogP contribution in [0.1, 0.15) is 18.1 Å². The molecule has 25 heavy (non-hydrogen) atoms. The molecule has 132 valence electrons. The molecule has 0 spiro atoms. The minimum absolute atomic E-state index is 0.0109. The summed E-state index contributed by atoms with van der Waals surface area (Å²) < 4.78 is 4.62. The molecular weight excluding hydrogens is 324 g/mol. The molecule has 8 nitrogen and oxygen atoms in total. The molecule has 0 saturated carbocycles. The van der Waals surface area contributed by atoms with Crippen LogP contribution in [0.5, 0.6) is 0 Å². The molecule has 1 atom stereocenters. The second-order valence-electron chi connectivity index (χ2n) is 5.55. The Kier molecular flexibility index (Phi) is 5.89. The van der Waals surface area contributed by atoms with E-state index in [4.69, 9.17) is 0 Å². The number of hydrogen-bond donors (Lipinski definition) is 2. The van der Waals surface area contributed by atoms with Gasteiger partial charge in [0.25, 0.3) is 0 Å². The lowest BCUT2D eigenvalue weighted by molar-refractivity contribution is -0.384. The van der Waals surface area contributed by atoms with Gasteiger partial charge in [0.05, 0.1) is 12.0 Å². The minimum Gasteiger partial charge on any atom is -0.467 e. The maximum Gasteiger partial charge on any atom is 0.328 e. The lowest BCUT2D eigenvalue weighted by Crippen LogP contribution is -2.28. The van der Waals surface area contributed by atoms with E-state index in [1.165, 1.54) is 24.8 Å². The van der Waals surface area contributed by atoms with Crippen molar-refractivity contribution in [3.63, 3.8) is 0 Å². The van der Waals surface area contributed by atoms with E-state index in [0.717, 1.165) is 5.56 Å². The Bertz CT molecular complexity index is 762. The van der Waals surface area contributed by atoms with Gasteiger partial charge in [0.2, 0.25) is 5.82 Å². The maximum atomic E-state index is 11.5. The summed E-state index contributed by atoms with van der Waals surface area (Å²) in [5.41, 5.74) is 2.01. The molecule has 2 aromatic rings. The van der Waals surface area contributed by atoms with Crippen LogP contribution in [0, 0.1) is 17.0 Å². The predicted molar refractivity (Wildman–Crippen MR) is 94.5 cm³/mol. The van der Waals surface area contributed by atoms with Gasteiger partial charge in [-0.2, -0.15) is 0 Å². The molecule has 0 amide bonds. The Hall–Kier alpha value is -3.16. The molecule has 0 unspecified atom stereocenters. The smallest absolute Gasteiger partial charge is 0.328 e. The van der Waals surface area contributed by atoms with Crippen molar-refractivity contribution in [2.24, 2.45) is 0 Å². The number of hydrogen-bond acceptors (Lipinski definition) is 7. The van der Waals surface area contributed by atoms with E-state index in [-0.39, 0.29) is 11.5 Å². The quantitative estimate of drug-likeness (QED) is 0.452. The highest BCUT2D eigenvalue weighted by molar-refractivity contribution is 5.79. The fourth-order valence-corrected chi connectivity index (χ4v) is 2.14. The van der Waals surface area contributed by atoms with Crippen LogP contribution >= 0.6 is 0 Å².